The molecule has 3 aliphatic rings. The number of carbonyl (C=O) groups is 1. The Morgan fingerprint density at radius 1 is 1.14 bits per heavy atom. The van der Waals surface area contributed by atoms with Gasteiger partial charge in [-0.1, -0.05) is 19.3 Å². The summed E-state index contributed by atoms with van der Waals surface area (Å²) in [5.74, 6) is 1.72. The molecule has 3 aliphatic carbocycles. The summed E-state index contributed by atoms with van der Waals surface area (Å²) in [7, 11) is 0. The first-order chi connectivity index (χ1) is 9.97. The average molecular weight is 294 g/mol. The van der Waals surface area contributed by atoms with Crippen molar-refractivity contribution < 1.29 is 14.3 Å². The summed E-state index contributed by atoms with van der Waals surface area (Å²) < 4.78 is 12.1. The summed E-state index contributed by atoms with van der Waals surface area (Å²) >= 11 is 0. The van der Waals surface area contributed by atoms with Crippen molar-refractivity contribution in [1.82, 2.24) is 0 Å². The number of ether oxygens (including phenoxy) is 2. The van der Waals surface area contributed by atoms with Gasteiger partial charge in [-0.2, -0.15) is 0 Å². The Kier molecular flexibility index (Phi) is 4.31. The number of fused-ring (bicyclic) bond motifs is 2. The van der Waals surface area contributed by atoms with Crippen LogP contribution in [0.1, 0.15) is 72.1 Å². The van der Waals surface area contributed by atoms with Gasteiger partial charge in [0.15, 0.2) is 0 Å². The van der Waals surface area contributed by atoms with Gasteiger partial charge in [-0.05, 0) is 57.8 Å². The predicted molar refractivity (Wildman–Crippen MR) is 81.9 cm³/mol. The maximum atomic E-state index is 11.3. The van der Waals surface area contributed by atoms with Crippen molar-refractivity contribution in [1.29, 1.82) is 0 Å². The fraction of sp³-hybridized carbons (Fsp3) is 0.944. The van der Waals surface area contributed by atoms with E-state index in [9.17, 15) is 4.79 Å². The van der Waals surface area contributed by atoms with Gasteiger partial charge in [-0.25, -0.2) is 0 Å². The molecule has 0 amide bonds. The standard InChI is InChI=1S/C18H30O3/c1-12(21-18(3)7-5-4-6-8-18)15-9-14-10-16(15)17(11-14)20-13(2)19/h12,14-17H,4-11H2,1-3H3. The van der Waals surface area contributed by atoms with Gasteiger partial charge in [0, 0.05) is 12.8 Å². The maximum absolute atomic E-state index is 11.3. The van der Waals surface area contributed by atoms with E-state index < -0.39 is 0 Å². The molecule has 0 spiro atoms. The quantitative estimate of drug-likeness (QED) is 0.733. The summed E-state index contributed by atoms with van der Waals surface area (Å²) in [6.45, 7) is 6.07. The van der Waals surface area contributed by atoms with E-state index in [1.807, 2.05) is 0 Å². The highest BCUT2D eigenvalue weighted by Gasteiger charge is 2.50. The van der Waals surface area contributed by atoms with Crippen molar-refractivity contribution in [2.24, 2.45) is 17.8 Å². The smallest absolute Gasteiger partial charge is 0.302 e. The Bertz CT molecular complexity index is 386. The van der Waals surface area contributed by atoms with E-state index in [0.29, 0.717) is 17.9 Å². The zero-order valence-electron chi connectivity index (χ0n) is 13.8. The van der Waals surface area contributed by atoms with Crippen molar-refractivity contribution in [3.8, 4) is 0 Å². The summed E-state index contributed by atoms with van der Waals surface area (Å²) in [5.41, 5.74) is 0.0798. The molecule has 3 fully saturated rings. The second kappa shape index (κ2) is 5.91. The molecule has 0 heterocycles. The normalized spacial score (nSPS) is 39.2. The minimum absolute atomic E-state index is 0.0798. The second-order valence-electron chi connectivity index (χ2n) is 7.88. The van der Waals surface area contributed by atoms with E-state index in [4.69, 9.17) is 9.47 Å². The first-order valence-electron chi connectivity index (χ1n) is 8.82. The van der Waals surface area contributed by atoms with Gasteiger partial charge in [0.2, 0.25) is 0 Å². The Morgan fingerprint density at radius 2 is 1.86 bits per heavy atom. The zero-order valence-corrected chi connectivity index (χ0v) is 13.8. The lowest BCUT2D eigenvalue weighted by molar-refractivity contribution is -0.156. The van der Waals surface area contributed by atoms with Crippen LogP contribution in [0.3, 0.4) is 0 Å². The van der Waals surface area contributed by atoms with E-state index in [1.54, 1.807) is 0 Å². The van der Waals surface area contributed by atoms with Gasteiger partial charge in [0.25, 0.3) is 0 Å². The topological polar surface area (TPSA) is 35.5 Å². The second-order valence-corrected chi connectivity index (χ2v) is 7.88. The molecule has 0 saturated heterocycles. The van der Waals surface area contributed by atoms with Crippen molar-refractivity contribution >= 4 is 5.97 Å². The van der Waals surface area contributed by atoms with Gasteiger partial charge in [0.1, 0.15) is 6.10 Å². The van der Waals surface area contributed by atoms with Crippen LogP contribution in [-0.4, -0.2) is 23.8 Å². The highest BCUT2D eigenvalue weighted by Crippen LogP contribution is 2.52. The fourth-order valence-electron chi connectivity index (χ4n) is 5.18. The molecule has 3 heteroatoms. The van der Waals surface area contributed by atoms with Gasteiger partial charge in [0.05, 0.1) is 11.7 Å². The van der Waals surface area contributed by atoms with E-state index in [-0.39, 0.29) is 17.7 Å². The molecule has 5 unspecified atom stereocenters. The van der Waals surface area contributed by atoms with Gasteiger partial charge < -0.3 is 9.47 Å². The number of hydrogen-bond donors (Lipinski definition) is 0. The Hall–Kier alpha value is -0.570. The number of hydrogen-bond acceptors (Lipinski definition) is 3. The van der Waals surface area contributed by atoms with Crippen LogP contribution in [0.5, 0.6) is 0 Å². The Labute approximate surface area is 128 Å². The minimum atomic E-state index is -0.126. The van der Waals surface area contributed by atoms with Crippen LogP contribution in [0.15, 0.2) is 0 Å². The summed E-state index contributed by atoms with van der Waals surface area (Å²) in [6, 6.07) is 0. The molecule has 3 rings (SSSR count). The van der Waals surface area contributed by atoms with Crippen LogP contribution < -0.4 is 0 Å². The summed E-state index contributed by atoms with van der Waals surface area (Å²) in [5, 5.41) is 0. The van der Waals surface area contributed by atoms with Crippen molar-refractivity contribution in [2.45, 2.75) is 89.9 Å². The highest BCUT2D eigenvalue weighted by atomic mass is 16.5. The zero-order chi connectivity index (χ0) is 15.0. The molecule has 3 saturated carbocycles. The largest absolute Gasteiger partial charge is 0.462 e. The molecule has 0 radical (unpaired) electrons. The molecule has 0 aromatic heterocycles. The van der Waals surface area contributed by atoms with Crippen LogP contribution >= 0.6 is 0 Å². The molecule has 0 aromatic rings. The van der Waals surface area contributed by atoms with E-state index in [1.165, 1.54) is 51.9 Å². The Balaban J connectivity index is 1.60. The highest BCUT2D eigenvalue weighted by molar-refractivity contribution is 5.66. The maximum Gasteiger partial charge on any atom is 0.302 e. The molecule has 2 bridgehead atoms. The third-order valence-electron chi connectivity index (χ3n) is 6.11. The van der Waals surface area contributed by atoms with Crippen molar-refractivity contribution in [2.75, 3.05) is 0 Å². The molecule has 120 valence electrons. The van der Waals surface area contributed by atoms with Crippen LogP contribution in [0.4, 0.5) is 0 Å². The van der Waals surface area contributed by atoms with Crippen LogP contribution in [0, 0.1) is 17.8 Å². The monoisotopic (exact) mass is 294 g/mol. The first kappa shape index (κ1) is 15.3. The SMILES string of the molecule is CC(=O)OC1CC2CC(C(C)OC3(C)CCCCC3)C1C2. The van der Waals surface area contributed by atoms with Crippen LogP contribution in [0.2, 0.25) is 0 Å². The third kappa shape index (κ3) is 3.28. The number of carbonyl (C=O) groups excluding carboxylic acids is 1. The van der Waals surface area contributed by atoms with Gasteiger partial charge >= 0.3 is 5.97 Å². The number of esters is 1. The molecule has 0 aromatic carbocycles. The number of rotatable bonds is 4. The molecule has 21 heavy (non-hydrogen) atoms. The fourth-order valence-corrected chi connectivity index (χ4v) is 5.18. The summed E-state index contributed by atoms with van der Waals surface area (Å²) in [4.78, 5) is 11.3. The van der Waals surface area contributed by atoms with Crippen molar-refractivity contribution in [3.63, 3.8) is 0 Å². The molecule has 0 N–H and O–H groups in total. The molecular weight excluding hydrogens is 264 g/mol. The minimum Gasteiger partial charge on any atom is -0.462 e. The lowest BCUT2D eigenvalue weighted by atomic mass is 9.81. The van der Waals surface area contributed by atoms with Gasteiger partial charge in [-0.3, -0.25) is 4.79 Å². The van der Waals surface area contributed by atoms with E-state index in [0.717, 1.165) is 12.3 Å². The molecule has 0 aliphatic heterocycles. The lowest BCUT2D eigenvalue weighted by Crippen LogP contribution is -2.41. The lowest BCUT2D eigenvalue weighted by Gasteiger charge is -2.40. The first-order valence-corrected chi connectivity index (χ1v) is 8.82. The average Bonchev–Trinajstić information content (AvgIpc) is 2.97. The van der Waals surface area contributed by atoms with Gasteiger partial charge in [-0.15, -0.1) is 0 Å². The summed E-state index contributed by atoms with van der Waals surface area (Å²) in [6.07, 6.45) is 10.4. The van der Waals surface area contributed by atoms with Crippen LogP contribution in [0.25, 0.3) is 0 Å². The van der Waals surface area contributed by atoms with E-state index >= 15 is 0 Å². The molecular formula is C18H30O3. The van der Waals surface area contributed by atoms with Crippen molar-refractivity contribution in [3.05, 3.63) is 0 Å². The molecule has 3 nitrogen and oxygen atoms in total. The van der Waals surface area contributed by atoms with E-state index in [2.05, 4.69) is 13.8 Å². The Morgan fingerprint density at radius 3 is 2.48 bits per heavy atom. The molecule has 5 atom stereocenters. The third-order valence-corrected chi connectivity index (χ3v) is 6.11. The van der Waals surface area contributed by atoms with Crippen LogP contribution in [-0.2, 0) is 14.3 Å². The predicted octanol–water partition coefficient (Wildman–Crippen LogP) is 4.09.